The number of amides is 1. The Bertz CT molecular complexity index is 871. The summed E-state index contributed by atoms with van der Waals surface area (Å²) >= 11 is 0. The van der Waals surface area contributed by atoms with Gasteiger partial charge < -0.3 is 14.8 Å². The van der Waals surface area contributed by atoms with Crippen molar-refractivity contribution < 1.29 is 23.9 Å². The van der Waals surface area contributed by atoms with E-state index in [0.29, 0.717) is 23.6 Å². The summed E-state index contributed by atoms with van der Waals surface area (Å²) in [5, 5.41) is 2.64. The Morgan fingerprint density at radius 1 is 1.07 bits per heavy atom. The van der Waals surface area contributed by atoms with Gasteiger partial charge in [0.25, 0.3) is 5.91 Å². The monoisotopic (exact) mass is 381 g/mol. The molecule has 146 valence electrons. The van der Waals surface area contributed by atoms with E-state index < -0.39 is 18.0 Å². The van der Waals surface area contributed by atoms with Crippen LogP contribution in [0, 0.1) is 0 Å². The van der Waals surface area contributed by atoms with E-state index in [0.717, 1.165) is 5.56 Å². The number of nitrogens with one attached hydrogen (secondary N) is 1. The lowest BCUT2D eigenvalue weighted by Gasteiger charge is -2.12. The molecular weight excluding hydrogens is 358 g/mol. The Balaban J connectivity index is 1.92. The third-order valence-electron chi connectivity index (χ3n) is 3.84. The highest BCUT2D eigenvalue weighted by atomic mass is 16.5. The fourth-order valence-corrected chi connectivity index (χ4v) is 2.36. The van der Waals surface area contributed by atoms with Crippen LogP contribution in [0.4, 0.5) is 5.69 Å². The van der Waals surface area contributed by atoms with Gasteiger partial charge in [-0.05, 0) is 57.2 Å². The lowest BCUT2D eigenvalue weighted by Crippen LogP contribution is -2.29. The van der Waals surface area contributed by atoms with Gasteiger partial charge in [0.1, 0.15) is 5.75 Å². The fourth-order valence-electron chi connectivity index (χ4n) is 2.36. The van der Waals surface area contributed by atoms with Crippen molar-refractivity contribution in [3.8, 4) is 5.75 Å². The second-order valence-electron chi connectivity index (χ2n) is 6.01. The summed E-state index contributed by atoms with van der Waals surface area (Å²) in [5.41, 5.74) is 1.80. The van der Waals surface area contributed by atoms with Crippen LogP contribution < -0.4 is 10.1 Å². The maximum absolute atomic E-state index is 12.2. The first-order chi connectivity index (χ1) is 13.4. The van der Waals surface area contributed by atoms with Crippen LogP contribution in [0.15, 0.2) is 54.6 Å². The molecule has 0 aliphatic heterocycles. The van der Waals surface area contributed by atoms with Crippen LogP contribution in [0.1, 0.15) is 36.7 Å². The molecule has 0 aromatic heterocycles. The van der Waals surface area contributed by atoms with Crippen LogP contribution >= 0.6 is 0 Å². The molecule has 1 amide bonds. The molecule has 1 atom stereocenters. The number of ketones is 1. The van der Waals surface area contributed by atoms with Crippen molar-refractivity contribution in [3.63, 3.8) is 0 Å². The van der Waals surface area contributed by atoms with E-state index in [4.69, 9.17) is 9.47 Å². The van der Waals surface area contributed by atoms with Crippen molar-refractivity contribution in [3.05, 3.63) is 65.7 Å². The normalized spacial score (nSPS) is 11.7. The second-order valence-corrected chi connectivity index (χ2v) is 6.01. The number of carbonyl (C=O) groups is 3. The number of hydrogen-bond acceptors (Lipinski definition) is 5. The van der Waals surface area contributed by atoms with Gasteiger partial charge in [-0.1, -0.05) is 18.2 Å². The third-order valence-corrected chi connectivity index (χ3v) is 3.84. The number of Topliss-reactive ketones (excluding diaryl/α,β-unsaturated/α-hetero) is 1. The van der Waals surface area contributed by atoms with Crippen molar-refractivity contribution in [2.24, 2.45) is 0 Å². The van der Waals surface area contributed by atoms with Gasteiger partial charge in [0, 0.05) is 22.9 Å². The first-order valence-electron chi connectivity index (χ1n) is 8.93. The number of para-hydroxylation sites is 1. The molecule has 1 N–H and O–H groups in total. The summed E-state index contributed by atoms with van der Waals surface area (Å²) < 4.78 is 10.6. The van der Waals surface area contributed by atoms with Crippen LogP contribution in [0.5, 0.6) is 5.75 Å². The first kappa shape index (κ1) is 20.9. The van der Waals surface area contributed by atoms with E-state index in [9.17, 15) is 14.4 Å². The van der Waals surface area contributed by atoms with Crippen molar-refractivity contribution in [2.75, 3.05) is 11.9 Å². The predicted molar refractivity (Wildman–Crippen MR) is 107 cm³/mol. The Kier molecular flexibility index (Phi) is 7.51. The highest BCUT2D eigenvalue weighted by Crippen LogP contribution is 2.19. The summed E-state index contributed by atoms with van der Waals surface area (Å²) in [5.74, 6) is -0.500. The Labute approximate surface area is 164 Å². The fraction of sp³-hybridized carbons (Fsp3) is 0.227. The van der Waals surface area contributed by atoms with E-state index in [1.54, 1.807) is 30.3 Å². The summed E-state index contributed by atoms with van der Waals surface area (Å²) in [7, 11) is 0. The van der Waals surface area contributed by atoms with E-state index in [-0.39, 0.29) is 5.78 Å². The summed E-state index contributed by atoms with van der Waals surface area (Å²) in [4.78, 5) is 35.5. The van der Waals surface area contributed by atoms with Gasteiger partial charge in [0.15, 0.2) is 11.9 Å². The predicted octanol–water partition coefficient (Wildman–Crippen LogP) is 3.87. The molecule has 2 aromatic carbocycles. The molecule has 0 spiro atoms. The molecule has 0 aliphatic carbocycles. The van der Waals surface area contributed by atoms with Gasteiger partial charge >= 0.3 is 5.97 Å². The third kappa shape index (κ3) is 6.09. The van der Waals surface area contributed by atoms with E-state index in [1.165, 1.54) is 19.9 Å². The lowest BCUT2D eigenvalue weighted by atomic mass is 10.1. The molecule has 2 rings (SSSR count). The molecule has 0 fully saturated rings. The molecule has 28 heavy (non-hydrogen) atoms. The van der Waals surface area contributed by atoms with Gasteiger partial charge in [-0.15, -0.1) is 0 Å². The molecule has 2 aromatic rings. The number of hydrogen-bond donors (Lipinski definition) is 1. The molecule has 1 unspecified atom stereocenters. The van der Waals surface area contributed by atoms with Crippen molar-refractivity contribution in [1.82, 2.24) is 0 Å². The molecule has 0 bridgehead atoms. The van der Waals surface area contributed by atoms with Gasteiger partial charge in [-0.25, -0.2) is 4.79 Å². The largest absolute Gasteiger partial charge is 0.493 e. The maximum Gasteiger partial charge on any atom is 0.331 e. The number of esters is 1. The number of anilines is 1. The van der Waals surface area contributed by atoms with Gasteiger partial charge in [-0.2, -0.15) is 0 Å². The topological polar surface area (TPSA) is 81.7 Å². The average Bonchev–Trinajstić information content (AvgIpc) is 2.68. The Morgan fingerprint density at radius 2 is 1.75 bits per heavy atom. The van der Waals surface area contributed by atoms with Crippen LogP contribution in [-0.2, 0) is 14.3 Å². The minimum atomic E-state index is -0.980. The van der Waals surface area contributed by atoms with Crippen molar-refractivity contribution >= 4 is 29.4 Å². The minimum absolute atomic E-state index is 0.0575. The number of rotatable bonds is 8. The highest BCUT2D eigenvalue weighted by molar-refractivity contribution is 5.98. The highest BCUT2D eigenvalue weighted by Gasteiger charge is 2.17. The van der Waals surface area contributed by atoms with Crippen molar-refractivity contribution in [2.45, 2.75) is 26.9 Å². The quantitative estimate of drug-likeness (QED) is 0.426. The molecule has 6 nitrogen and oxygen atoms in total. The maximum atomic E-state index is 12.2. The molecule has 0 heterocycles. The van der Waals surface area contributed by atoms with Crippen LogP contribution in [0.2, 0.25) is 0 Å². The smallest absolute Gasteiger partial charge is 0.331 e. The van der Waals surface area contributed by atoms with E-state index >= 15 is 0 Å². The van der Waals surface area contributed by atoms with Crippen LogP contribution in [0.3, 0.4) is 0 Å². The lowest BCUT2D eigenvalue weighted by molar-refractivity contribution is -0.148. The number of ether oxygens (including phenoxy) is 2. The zero-order valence-electron chi connectivity index (χ0n) is 16.1. The average molecular weight is 381 g/mol. The molecule has 6 heteroatoms. The van der Waals surface area contributed by atoms with Crippen LogP contribution in [-0.4, -0.2) is 30.4 Å². The Hall–Kier alpha value is -3.41. The molecule has 0 aliphatic rings. The number of benzene rings is 2. The molecule has 0 saturated heterocycles. The summed E-state index contributed by atoms with van der Waals surface area (Å²) in [6, 6.07) is 13.8. The van der Waals surface area contributed by atoms with Crippen molar-refractivity contribution in [1.29, 1.82) is 0 Å². The molecular formula is C22H23NO5. The van der Waals surface area contributed by atoms with E-state index in [1.807, 2.05) is 31.2 Å². The molecule has 0 saturated carbocycles. The van der Waals surface area contributed by atoms with E-state index in [2.05, 4.69) is 5.32 Å². The summed E-state index contributed by atoms with van der Waals surface area (Å²) in [6.45, 7) is 5.34. The molecule has 0 radical (unpaired) electrons. The van der Waals surface area contributed by atoms with Gasteiger partial charge in [0.05, 0.1) is 6.61 Å². The zero-order chi connectivity index (χ0) is 20.5. The summed E-state index contributed by atoms with van der Waals surface area (Å²) in [6.07, 6.45) is 1.86. The number of carbonyl (C=O) groups excluding carboxylic acids is 3. The van der Waals surface area contributed by atoms with Gasteiger partial charge in [-0.3, -0.25) is 9.59 Å². The SMILES string of the molecule is CCOc1ccccc1/C=C/C(=O)OC(C)C(=O)Nc1ccc(C(C)=O)cc1. The standard InChI is InChI=1S/C22H23NO5/c1-4-27-20-8-6-5-7-18(20)11-14-21(25)28-16(3)22(26)23-19-12-9-17(10-13-19)15(2)24/h5-14,16H,4H2,1-3H3,(H,23,26)/b14-11+. The first-order valence-corrected chi connectivity index (χ1v) is 8.93. The Morgan fingerprint density at radius 3 is 2.39 bits per heavy atom. The zero-order valence-corrected chi connectivity index (χ0v) is 16.1. The van der Waals surface area contributed by atoms with Gasteiger partial charge in [0.2, 0.25) is 0 Å². The van der Waals surface area contributed by atoms with Crippen LogP contribution in [0.25, 0.3) is 6.08 Å². The second kappa shape index (κ2) is 10.1. The minimum Gasteiger partial charge on any atom is -0.493 e.